The van der Waals surface area contributed by atoms with E-state index in [1.807, 2.05) is 6.07 Å². The molecule has 0 bridgehead atoms. The summed E-state index contributed by atoms with van der Waals surface area (Å²) in [5.74, 6) is 1.77. The van der Waals surface area contributed by atoms with Crippen molar-refractivity contribution in [1.29, 1.82) is 0 Å². The Kier molecular flexibility index (Phi) is 4.98. The molecule has 0 fully saturated rings. The molecule has 0 aliphatic heterocycles. The van der Waals surface area contributed by atoms with E-state index in [9.17, 15) is 0 Å². The molecule has 0 aliphatic carbocycles. The third-order valence-electron chi connectivity index (χ3n) is 3.12. The number of halogens is 1. The van der Waals surface area contributed by atoms with E-state index in [0.29, 0.717) is 29.0 Å². The van der Waals surface area contributed by atoms with Crippen LogP contribution in [0.4, 0.5) is 0 Å². The van der Waals surface area contributed by atoms with Crippen molar-refractivity contribution in [3.8, 4) is 17.1 Å². The molecule has 0 saturated carbocycles. The lowest BCUT2D eigenvalue weighted by Crippen LogP contribution is -2.12. The number of hydrogen-bond donors (Lipinski definition) is 1. The van der Waals surface area contributed by atoms with Gasteiger partial charge in [-0.05, 0) is 24.6 Å². The molecule has 0 amide bonds. The molecular weight excluding hydrogens is 278 g/mol. The Hall–Kier alpha value is -1.59. The maximum atomic E-state index is 5.94. The molecule has 1 heterocycles. The standard InChI is InChI=1S/C14H18ClN3O2/c1-3-4-9(8-16)14-17-13(18-20-14)11-6-5-10(15)7-12(11)19-2/h5-7,9H,3-4,8,16H2,1-2H3. The molecule has 0 radical (unpaired) electrons. The number of benzene rings is 1. The predicted octanol–water partition coefficient (Wildman–Crippen LogP) is 3.24. The van der Waals surface area contributed by atoms with Crippen molar-refractivity contribution in [3.63, 3.8) is 0 Å². The van der Waals surface area contributed by atoms with Crippen LogP contribution in [0.15, 0.2) is 22.7 Å². The fourth-order valence-electron chi connectivity index (χ4n) is 2.05. The van der Waals surface area contributed by atoms with Crippen LogP contribution in [0.5, 0.6) is 5.75 Å². The largest absolute Gasteiger partial charge is 0.496 e. The second kappa shape index (κ2) is 6.72. The molecule has 0 spiro atoms. The van der Waals surface area contributed by atoms with E-state index in [-0.39, 0.29) is 5.92 Å². The van der Waals surface area contributed by atoms with Gasteiger partial charge in [-0.1, -0.05) is 30.1 Å². The average Bonchev–Trinajstić information content (AvgIpc) is 2.93. The summed E-state index contributed by atoms with van der Waals surface area (Å²) in [6.45, 7) is 2.59. The average molecular weight is 296 g/mol. The quantitative estimate of drug-likeness (QED) is 0.885. The first-order valence-corrected chi connectivity index (χ1v) is 6.95. The van der Waals surface area contributed by atoms with Crippen LogP contribution in [0.3, 0.4) is 0 Å². The lowest BCUT2D eigenvalue weighted by Gasteiger charge is -2.07. The summed E-state index contributed by atoms with van der Waals surface area (Å²) < 4.78 is 10.6. The first-order valence-electron chi connectivity index (χ1n) is 6.57. The van der Waals surface area contributed by atoms with Crippen LogP contribution in [-0.4, -0.2) is 23.8 Å². The van der Waals surface area contributed by atoms with Gasteiger partial charge in [-0.3, -0.25) is 0 Å². The molecule has 2 rings (SSSR count). The maximum absolute atomic E-state index is 5.94. The first-order chi connectivity index (χ1) is 9.69. The Morgan fingerprint density at radius 3 is 2.90 bits per heavy atom. The van der Waals surface area contributed by atoms with E-state index in [1.54, 1.807) is 19.2 Å². The summed E-state index contributed by atoms with van der Waals surface area (Å²) in [5, 5.41) is 4.61. The molecule has 2 aromatic rings. The van der Waals surface area contributed by atoms with Gasteiger partial charge in [-0.15, -0.1) is 0 Å². The third kappa shape index (κ3) is 3.11. The Labute approximate surface area is 123 Å². The van der Waals surface area contributed by atoms with Crippen molar-refractivity contribution < 1.29 is 9.26 Å². The van der Waals surface area contributed by atoms with Crippen molar-refractivity contribution in [3.05, 3.63) is 29.1 Å². The van der Waals surface area contributed by atoms with Crippen LogP contribution in [-0.2, 0) is 0 Å². The second-order valence-corrected chi connectivity index (χ2v) is 4.96. The van der Waals surface area contributed by atoms with Crippen LogP contribution in [0.25, 0.3) is 11.4 Å². The minimum absolute atomic E-state index is 0.0968. The Bertz CT molecular complexity index is 571. The van der Waals surface area contributed by atoms with Crippen molar-refractivity contribution in [2.24, 2.45) is 5.73 Å². The Morgan fingerprint density at radius 1 is 1.45 bits per heavy atom. The summed E-state index contributed by atoms with van der Waals surface area (Å²) in [4.78, 5) is 4.43. The van der Waals surface area contributed by atoms with E-state index in [0.717, 1.165) is 18.4 Å². The lowest BCUT2D eigenvalue weighted by molar-refractivity contribution is 0.347. The fraction of sp³-hybridized carbons (Fsp3) is 0.429. The van der Waals surface area contributed by atoms with Gasteiger partial charge in [0.15, 0.2) is 0 Å². The highest BCUT2D eigenvalue weighted by Gasteiger charge is 2.19. The summed E-state index contributed by atoms with van der Waals surface area (Å²) in [5.41, 5.74) is 6.49. The highest BCUT2D eigenvalue weighted by atomic mass is 35.5. The van der Waals surface area contributed by atoms with Gasteiger partial charge in [-0.2, -0.15) is 4.98 Å². The second-order valence-electron chi connectivity index (χ2n) is 4.52. The summed E-state index contributed by atoms with van der Waals surface area (Å²) >= 11 is 5.94. The molecule has 6 heteroatoms. The van der Waals surface area contributed by atoms with Crippen LogP contribution in [0.1, 0.15) is 31.6 Å². The van der Waals surface area contributed by atoms with Gasteiger partial charge in [0.25, 0.3) is 0 Å². The highest BCUT2D eigenvalue weighted by molar-refractivity contribution is 6.30. The molecule has 5 nitrogen and oxygen atoms in total. The van der Waals surface area contributed by atoms with E-state index >= 15 is 0 Å². The molecule has 1 unspecified atom stereocenters. The summed E-state index contributed by atoms with van der Waals surface area (Å²) in [6.07, 6.45) is 1.94. The van der Waals surface area contributed by atoms with Crippen LogP contribution < -0.4 is 10.5 Å². The molecule has 20 heavy (non-hydrogen) atoms. The molecule has 2 N–H and O–H groups in total. The molecule has 1 atom stereocenters. The highest BCUT2D eigenvalue weighted by Crippen LogP contribution is 2.31. The lowest BCUT2D eigenvalue weighted by atomic mass is 10.0. The zero-order valence-electron chi connectivity index (χ0n) is 11.6. The molecule has 0 aliphatic rings. The Morgan fingerprint density at radius 2 is 2.25 bits per heavy atom. The molecule has 1 aromatic heterocycles. The van der Waals surface area contributed by atoms with Crippen molar-refractivity contribution in [1.82, 2.24) is 10.1 Å². The number of aromatic nitrogens is 2. The molecule has 0 saturated heterocycles. The van der Waals surface area contributed by atoms with E-state index < -0.39 is 0 Å². The number of methoxy groups -OCH3 is 1. The zero-order chi connectivity index (χ0) is 14.5. The molecule has 1 aromatic carbocycles. The first kappa shape index (κ1) is 14.8. The number of hydrogen-bond acceptors (Lipinski definition) is 5. The number of ether oxygens (including phenoxy) is 1. The van der Waals surface area contributed by atoms with E-state index in [1.165, 1.54) is 0 Å². The monoisotopic (exact) mass is 295 g/mol. The topological polar surface area (TPSA) is 74.2 Å². The van der Waals surface area contributed by atoms with Crippen LogP contribution in [0.2, 0.25) is 5.02 Å². The van der Waals surface area contributed by atoms with Crippen LogP contribution in [0, 0.1) is 0 Å². The molecular formula is C14H18ClN3O2. The van der Waals surface area contributed by atoms with Crippen molar-refractivity contribution in [2.75, 3.05) is 13.7 Å². The number of nitrogens with zero attached hydrogens (tertiary/aromatic N) is 2. The van der Waals surface area contributed by atoms with E-state index in [4.69, 9.17) is 26.6 Å². The van der Waals surface area contributed by atoms with Gasteiger partial charge in [0, 0.05) is 11.6 Å². The SMILES string of the molecule is CCCC(CN)c1nc(-c2ccc(Cl)cc2OC)no1. The van der Waals surface area contributed by atoms with Gasteiger partial charge < -0.3 is 15.0 Å². The zero-order valence-corrected chi connectivity index (χ0v) is 12.4. The predicted molar refractivity (Wildman–Crippen MR) is 78.0 cm³/mol. The minimum Gasteiger partial charge on any atom is -0.496 e. The minimum atomic E-state index is 0.0968. The summed E-state index contributed by atoms with van der Waals surface area (Å²) in [6, 6.07) is 5.30. The Balaban J connectivity index is 2.33. The fourth-order valence-corrected chi connectivity index (χ4v) is 2.21. The number of rotatable bonds is 6. The maximum Gasteiger partial charge on any atom is 0.231 e. The normalized spacial score (nSPS) is 12.4. The molecule has 108 valence electrons. The third-order valence-corrected chi connectivity index (χ3v) is 3.35. The van der Waals surface area contributed by atoms with Crippen LogP contribution >= 0.6 is 11.6 Å². The van der Waals surface area contributed by atoms with Gasteiger partial charge in [0.1, 0.15) is 5.75 Å². The van der Waals surface area contributed by atoms with E-state index in [2.05, 4.69) is 17.1 Å². The number of nitrogens with two attached hydrogens (primary N) is 1. The van der Waals surface area contributed by atoms with Gasteiger partial charge in [0.05, 0.1) is 18.6 Å². The van der Waals surface area contributed by atoms with Crippen molar-refractivity contribution >= 4 is 11.6 Å². The smallest absolute Gasteiger partial charge is 0.231 e. The van der Waals surface area contributed by atoms with Gasteiger partial charge in [0.2, 0.25) is 11.7 Å². The summed E-state index contributed by atoms with van der Waals surface area (Å²) in [7, 11) is 1.58. The van der Waals surface area contributed by atoms with Gasteiger partial charge in [-0.25, -0.2) is 0 Å². The van der Waals surface area contributed by atoms with Gasteiger partial charge >= 0.3 is 0 Å². The van der Waals surface area contributed by atoms with Crippen molar-refractivity contribution in [2.45, 2.75) is 25.7 Å².